The summed E-state index contributed by atoms with van der Waals surface area (Å²) < 4.78 is 5.22. The zero-order chi connectivity index (χ0) is 14.5. The highest BCUT2D eigenvalue weighted by molar-refractivity contribution is 6.33. The standard InChI is InChI=1S/C16H19ClN2O/c1-11-8-15(18)14(17)10-16(11)19-7-6-12-4-3-5-13(9-12)20-2/h3-5,8-10,19H,6-7,18H2,1-2H3. The van der Waals surface area contributed by atoms with Gasteiger partial charge in [-0.1, -0.05) is 23.7 Å². The highest BCUT2D eigenvalue weighted by atomic mass is 35.5. The maximum absolute atomic E-state index is 6.04. The fourth-order valence-electron chi connectivity index (χ4n) is 2.06. The Balaban J connectivity index is 1.97. The summed E-state index contributed by atoms with van der Waals surface area (Å²) in [6.07, 6.45) is 0.915. The number of hydrogen-bond acceptors (Lipinski definition) is 3. The smallest absolute Gasteiger partial charge is 0.119 e. The number of aryl methyl sites for hydroxylation is 1. The molecule has 2 aromatic carbocycles. The van der Waals surface area contributed by atoms with Gasteiger partial charge in [0.15, 0.2) is 0 Å². The molecule has 0 unspecified atom stereocenters. The van der Waals surface area contributed by atoms with Crippen LogP contribution in [0.4, 0.5) is 11.4 Å². The van der Waals surface area contributed by atoms with Gasteiger partial charge < -0.3 is 15.8 Å². The van der Waals surface area contributed by atoms with Gasteiger partial charge in [-0.15, -0.1) is 0 Å². The third-order valence-electron chi connectivity index (χ3n) is 3.21. The van der Waals surface area contributed by atoms with E-state index in [-0.39, 0.29) is 0 Å². The van der Waals surface area contributed by atoms with Crippen LogP contribution in [0, 0.1) is 6.92 Å². The second kappa shape index (κ2) is 6.53. The topological polar surface area (TPSA) is 47.3 Å². The van der Waals surface area contributed by atoms with Crippen molar-refractivity contribution in [2.75, 3.05) is 24.7 Å². The second-order valence-corrected chi connectivity index (χ2v) is 5.12. The zero-order valence-electron chi connectivity index (χ0n) is 11.7. The molecule has 20 heavy (non-hydrogen) atoms. The molecule has 0 bridgehead atoms. The van der Waals surface area contributed by atoms with Crippen molar-refractivity contribution in [3.05, 3.63) is 52.5 Å². The quantitative estimate of drug-likeness (QED) is 0.821. The van der Waals surface area contributed by atoms with Crippen LogP contribution in [0.3, 0.4) is 0 Å². The van der Waals surface area contributed by atoms with E-state index in [1.165, 1.54) is 5.56 Å². The Kier molecular flexibility index (Phi) is 4.74. The molecule has 0 aromatic heterocycles. The summed E-state index contributed by atoms with van der Waals surface area (Å²) in [7, 11) is 1.68. The van der Waals surface area contributed by atoms with E-state index >= 15 is 0 Å². The first kappa shape index (κ1) is 14.5. The van der Waals surface area contributed by atoms with Crippen molar-refractivity contribution in [3.8, 4) is 5.75 Å². The van der Waals surface area contributed by atoms with Crippen LogP contribution in [-0.4, -0.2) is 13.7 Å². The van der Waals surface area contributed by atoms with E-state index in [1.54, 1.807) is 7.11 Å². The maximum Gasteiger partial charge on any atom is 0.119 e. The van der Waals surface area contributed by atoms with Crippen molar-refractivity contribution >= 4 is 23.0 Å². The first-order chi connectivity index (χ1) is 9.60. The molecule has 2 rings (SSSR count). The molecular weight excluding hydrogens is 272 g/mol. The van der Waals surface area contributed by atoms with E-state index in [4.69, 9.17) is 22.1 Å². The molecule has 0 aliphatic heterocycles. The Labute approximate surface area is 124 Å². The van der Waals surface area contributed by atoms with Crippen LogP contribution < -0.4 is 15.8 Å². The molecule has 0 saturated carbocycles. The molecule has 106 valence electrons. The number of anilines is 2. The number of benzene rings is 2. The number of methoxy groups -OCH3 is 1. The van der Waals surface area contributed by atoms with Crippen molar-refractivity contribution in [2.24, 2.45) is 0 Å². The summed E-state index contributed by atoms with van der Waals surface area (Å²) >= 11 is 6.04. The molecule has 0 radical (unpaired) electrons. The van der Waals surface area contributed by atoms with E-state index in [0.717, 1.165) is 30.0 Å². The van der Waals surface area contributed by atoms with Crippen LogP contribution in [0.25, 0.3) is 0 Å². The molecule has 3 N–H and O–H groups in total. The fourth-order valence-corrected chi connectivity index (χ4v) is 2.23. The van der Waals surface area contributed by atoms with Gasteiger partial charge in [-0.25, -0.2) is 0 Å². The minimum absolute atomic E-state index is 0.583. The summed E-state index contributed by atoms with van der Waals surface area (Å²) in [5.74, 6) is 0.884. The third-order valence-corrected chi connectivity index (χ3v) is 3.53. The zero-order valence-corrected chi connectivity index (χ0v) is 12.5. The largest absolute Gasteiger partial charge is 0.497 e. The molecule has 0 saturated heterocycles. The van der Waals surface area contributed by atoms with E-state index in [9.17, 15) is 0 Å². The molecule has 4 heteroatoms. The molecule has 0 fully saturated rings. The van der Waals surface area contributed by atoms with Crippen molar-refractivity contribution in [2.45, 2.75) is 13.3 Å². The van der Waals surface area contributed by atoms with Gasteiger partial charge in [0, 0.05) is 12.2 Å². The lowest BCUT2D eigenvalue weighted by atomic mass is 10.1. The summed E-state index contributed by atoms with van der Waals surface area (Å²) in [6.45, 7) is 2.84. The average Bonchev–Trinajstić information content (AvgIpc) is 2.44. The number of hydrogen-bond donors (Lipinski definition) is 2. The van der Waals surface area contributed by atoms with E-state index in [2.05, 4.69) is 11.4 Å². The van der Waals surface area contributed by atoms with Gasteiger partial charge in [-0.3, -0.25) is 0 Å². The van der Waals surface area contributed by atoms with Crippen molar-refractivity contribution < 1.29 is 4.74 Å². The summed E-state index contributed by atoms with van der Waals surface area (Å²) in [5, 5.41) is 3.97. The second-order valence-electron chi connectivity index (χ2n) is 4.72. The third kappa shape index (κ3) is 3.58. The van der Waals surface area contributed by atoms with Gasteiger partial charge in [-0.05, 0) is 48.7 Å². The van der Waals surface area contributed by atoms with Gasteiger partial charge in [0.05, 0.1) is 17.8 Å². The SMILES string of the molecule is COc1cccc(CCNc2cc(Cl)c(N)cc2C)c1. The predicted octanol–water partition coefficient (Wildman–Crippen LogP) is 3.89. The number of halogens is 1. The monoisotopic (exact) mass is 290 g/mol. The highest BCUT2D eigenvalue weighted by Crippen LogP contribution is 2.26. The molecular formula is C16H19ClN2O. The lowest BCUT2D eigenvalue weighted by Crippen LogP contribution is -2.06. The molecule has 0 aliphatic carbocycles. The Bertz CT molecular complexity index is 599. The minimum atomic E-state index is 0.583. The van der Waals surface area contributed by atoms with Crippen LogP contribution in [0.2, 0.25) is 5.02 Å². The molecule has 0 amide bonds. The summed E-state index contributed by atoms with van der Waals surface area (Å²) in [4.78, 5) is 0. The van der Waals surface area contributed by atoms with Gasteiger partial charge in [0.1, 0.15) is 5.75 Å². The summed E-state index contributed by atoms with van der Waals surface area (Å²) in [5.41, 5.74) is 9.73. The van der Waals surface area contributed by atoms with Gasteiger partial charge >= 0.3 is 0 Å². The van der Waals surface area contributed by atoms with Crippen LogP contribution >= 0.6 is 11.6 Å². The Morgan fingerprint density at radius 1 is 1.25 bits per heavy atom. The number of nitrogen functional groups attached to an aromatic ring is 1. The van der Waals surface area contributed by atoms with Crippen LogP contribution in [0.15, 0.2) is 36.4 Å². The van der Waals surface area contributed by atoms with E-state index in [0.29, 0.717) is 10.7 Å². The Morgan fingerprint density at radius 2 is 2.05 bits per heavy atom. The summed E-state index contributed by atoms with van der Waals surface area (Å²) in [6, 6.07) is 11.8. The lowest BCUT2D eigenvalue weighted by Gasteiger charge is -2.12. The number of nitrogens with two attached hydrogens (primary N) is 1. The maximum atomic E-state index is 6.04. The number of ether oxygens (including phenoxy) is 1. The number of rotatable bonds is 5. The first-order valence-electron chi connectivity index (χ1n) is 6.52. The van der Waals surface area contributed by atoms with Crippen molar-refractivity contribution in [3.63, 3.8) is 0 Å². The highest BCUT2D eigenvalue weighted by Gasteiger charge is 2.03. The van der Waals surface area contributed by atoms with Crippen LogP contribution in [0.5, 0.6) is 5.75 Å². The average molecular weight is 291 g/mol. The van der Waals surface area contributed by atoms with Crippen molar-refractivity contribution in [1.82, 2.24) is 0 Å². The Hall–Kier alpha value is -1.87. The minimum Gasteiger partial charge on any atom is -0.497 e. The van der Waals surface area contributed by atoms with Crippen LogP contribution in [-0.2, 0) is 6.42 Å². The normalized spacial score (nSPS) is 10.3. The molecule has 0 spiro atoms. The van der Waals surface area contributed by atoms with Crippen molar-refractivity contribution in [1.29, 1.82) is 0 Å². The lowest BCUT2D eigenvalue weighted by molar-refractivity contribution is 0.414. The van der Waals surface area contributed by atoms with Gasteiger partial charge in [-0.2, -0.15) is 0 Å². The number of nitrogens with one attached hydrogen (secondary N) is 1. The molecule has 2 aromatic rings. The molecule has 3 nitrogen and oxygen atoms in total. The van der Waals surface area contributed by atoms with E-state index < -0.39 is 0 Å². The molecule has 0 aliphatic rings. The first-order valence-corrected chi connectivity index (χ1v) is 6.90. The van der Waals surface area contributed by atoms with Gasteiger partial charge in [0.25, 0.3) is 0 Å². The predicted molar refractivity (Wildman–Crippen MR) is 85.8 cm³/mol. The molecule has 0 heterocycles. The van der Waals surface area contributed by atoms with Crippen LogP contribution in [0.1, 0.15) is 11.1 Å². The fraction of sp³-hybridized carbons (Fsp3) is 0.250. The van der Waals surface area contributed by atoms with Gasteiger partial charge in [0.2, 0.25) is 0 Å². The van der Waals surface area contributed by atoms with E-state index in [1.807, 2.05) is 37.3 Å². The molecule has 0 atom stereocenters. The Morgan fingerprint density at radius 3 is 2.80 bits per heavy atom.